The molecular formula is C21H22N2O4. The second kappa shape index (κ2) is 8.49. The third kappa shape index (κ3) is 4.94. The molecule has 1 atom stereocenters. The molecule has 1 heterocycles. The minimum absolute atomic E-state index is 0.0285. The molecule has 0 bridgehead atoms. The molecular weight excluding hydrogens is 344 g/mol. The van der Waals surface area contributed by atoms with Crippen molar-refractivity contribution in [3.8, 4) is 0 Å². The lowest BCUT2D eigenvalue weighted by Crippen LogP contribution is -2.31. The average molecular weight is 366 g/mol. The number of carbonyl (C=O) groups excluding carboxylic acids is 3. The molecule has 0 aliphatic carbocycles. The van der Waals surface area contributed by atoms with Gasteiger partial charge in [0.1, 0.15) is 0 Å². The second-order valence-electron chi connectivity index (χ2n) is 6.61. The number of anilines is 1. The first kappa shape index (κ1) is 18.6. The number of aryl methyl sites for hydroxylation is 1. The summed E-state index contributed by atoms with van der Waals surface area (Å²) in [4.78, 5) is 35.5. The highest BCUT2D eigenvalue weighted by molar-refractivity contribution is 5.96. The van der Waals surface area contributed by atoms with Gasteiger partial charge in [0, 0.05) is 18.7 Å². The topological polar surface area (TPSA) is 84.5 Å². The van der Waals surface area contributed by atoms with Crippen molar-refractivity contribution >= 4 is 23.5 Å². The summed E-state index contributed by atoms with van der Waals surface area (Å²) in [6, 6.07) is 14.9. The molecule has 0 radical (unpaired) electrons. The number of fused-ring (bicyclic) bond motifs is 1. The van der Waals surface area contributed by atoms with Crippen molar-refractivity contribution in [2.75, 3.05) is 18.5 Å². The van der Waals surface area contributed by atoms with E-state index in [0.29, 0.717) is 24.9 Å². The summed E-state index contributed by atoms with van der Waals surface area (Å²) >= 11 is 0. The van der Waals surface area contributed by atoms with Gasteiger partial charge in [-0.1, -0.05) is 37.3 Å². The summed E-state index contributed by atoms with van der Waals surface area (Å²) in [6.07, 6.45) is 0.980. The third-order valence-corrected chi connectivity index (χ3v) is 4.54. The fourth-order valence-electron chi connectivity index (χ4n) is 2.94. The van der Waals surface area contributed by atoms with Gasteiger partial charge in [0.25, 0.3) is 5.91 Å². The van der Waals surface area contributed by atoms with Gasteiger partial charge in [0.05, 0.1) is 5.56 Å². The average Bonchev–Trinajstić information content (AvgIpc) is 2.70. The Hall–Kier alpha value is -3.15. The molecule has 6 nitrogen and oxygen atoms in total. The van der Waals surface area contributed by atoms with Crippen molar-refractivity contribution in [3.63, 3.8) is 0 Å². The molecule has 0 fully saturated rings. The number of nitrogens with one attached hydrogen (secondary N) is 2. The van der Waals surface area contributed by atoms with Gasteiger partial charge in [0.15, 0.2) is 6.61 Å². The summed E-state index contributed by atoms with van der Waals surface area (Å²) in [5.41, 5.74) is 3.12. The van der Waals surface area contributed by atoms with Crippen LogP contribution in [0.5, 0.6) is 0 Å². The van der Waals surface area contributed by atoms with Crippen LogP contribution in [0.15, 0.2) is 48.5 Å². The molecule has 1 unspecified atom stereocenters. The number of esters is 1. The standard InChI is InChI=1S/C21H22N2O4/c1-14(15-5-3-2-4-6-15)12-22-20(25)13-27-21(26)17-7-9-18-16(11-17)8-10-19(24)23-18/h2-7,9,11,14H,8,10,12-13H2,1H3,(H,22,25)(H,23,24). The van der Waals surface area contributed by atoms with E-state index < -0.39 is 5.97 Å². The third-order valence-electron chi connectivity index (χ3n) is 4.54. The van der Waals surface area contributed by atoms with Gasteiger partial charge in [-0.05, 0) is 41.7 Å². The Labute approximate surface area is 157 Å². The quantitative estimate of drug-likeness (QED) is 0.770. The van der Waals surface area contributed by atoms with Gasteiger partial charge >= 0.3 is 5.97 Å². The van der Waals surface area contributed by atoms with Crippen molar-refractivity contribution < 1.29 is 19.1 Å². The minimum Gasteiger partial charge on any atom is -0.452 e. The maximum Gasteiger partial charge on any atom is 0.338 e. The summed E-state index contributed by atoms with van der Waals surface area (Å²) in [5, 5.41) is 5.54. The smallest absolute Gasteiger partial charge is 0.338 e. The van der Waals surface area contributed by atoms with E-state index >= 15 is 0 Å². The van der Waals surface area contributed by atoms with Gasteiger partial charge in [-0.3, -0.25) is 9.59 Å². The van der Waals surface area contributed by atoms with Crippen LogP contribution in [0.4, 0.5) is 5.69 Å². The van der Waals surface area contributed by atoms with Crippen LogP contribution in [0.1, 0.15) is 40.7 Å². The van der Waals surface area contributed by atoms with Crippen molar-refractivity contribution in [2.24, 2.45) is 0 Å². The van der Waals surface area contributed by atoms with Crippen LogP contribution in [0.25, 0.3) is 0 Å². The van der Waals surface area contributed by atoms with E-state index in [1.807, 2.05) is 37.3 Å². The van der Waals surface area contributed by atoms with Crippen LogP contribution in [0.3, 0.4) is 0 Å². The van der Waals surface area contributed by atoms with E-state index in [2.05, 4.69) is 10.6 Å². The Balaban J connectivity index is 1.47. The first-order chi connectivity index (χ1) is 13.0. The normalized spacial score (nSPS) is 13.9. The summed E-state index contributed by atoms with van der Waals surface area (Å²) in [5.74, 6) is -0.752. The molecule has 6 heteroatoms. The SMILES string of the molecule is CC(CNC(=O)COC(=O)c1ccc2c(c1)CCC(=O)N2)c1ccccc1. The second-order valence-corrected chi connectivity index (χ2v) is 6.61. The number of hydrogen-bond donors (Lipinski definition) is 2. The molecule has 0 saturated carbocycles. The van der Waals surface area contributed by atoms with Gasteiger partial charge in [0.2, 0.25) is 5.91 Å². The van der Waals surface area contributed by atoms with Crippen molar-refractivity contribution in [2.45, 2.75) is 25.7 Å². The van der Waals surface area contributed by atoms with E-state index in [9.17, 15) is 14.4 Å². The fraction of sp³-hybridized carbons (Fsp3) is 0.286. The van der Waals surface area contributed by atoms with E-state index in [-0.39, 0.29) is 24.3 Å². The van der Waals surface area contributed by atoms with E-state index in [4.69, 9.17) is 4.74 Å². The number of benzene rings is 2. The van der Waals surface area contributed by atoms with Crippen molar-refractivity contribution in [1.29, 1.82) is 0 Å². The monoisotopic (exact) mass is 366 g/mol. The maximum atomic E-state index is 12.2. The van der Waals surface area contributed by atoms with Crippen LogP contribution in [-0.2, 0) is 20.7 Å². The lowest BCUT2D eigenvalue weighted by molar-refractivity contribution is -0.124. The predicted octanol–water partition coefficient (Wildman–Crippen LogP) is 2.65. The number of hydrogen-bond acceptors (Lipinski definition) is 4. The summed E-state index contributed by atoms with van der Waals surface area (Å²) < 4.78 is 5.10. The molecule has 2 N–H and O–H groups in total. The Kier molecular flexibility index (Phi) is 5.86. The van der Waals surface area contributed by atoms with E-state index in [0.717, 1.165) is 16.8 Å². The number of amides is 2. The molecule has 0 spiro atoms. The molecule has 3 rings (SSSR count). The largest absolute Gasteiger partial charge is 0.452 e. The molecule has 1 aliphatic heterocycles. The van der Waals surface area contributed by atoms with Crippen LogP contribution < -0.4 is 10.6 Å². The van der Waals surface area contributed by atoms with Crippen molar-refractivity contribution in [3.05, 3.63) is 65.2 Å². The first-order valence-electron chi connectivity index (χ1n) is 8.94. The molecule has 140 valence electrons. The van der Waals surface area contributed by atoms with Crippen LogP contribution >= 0.6 is 0 Å². The maximum absolute atomic E-state index is 12.2. The predicted molar refractivity (Wildman–Crippen MR) is 102 cm³/mol. The summed E-state index contributed by atoms with van der Waals surface area (Å²) in [6.45, 7) is 2.17. The highest BCUT2D eigenvalue weighted by Crippen LogP contribution is 2.23. The fourth-order valence-corrected chi connectivity index (χ4v) is 2.94. The van der Waals surface area contributed by atoms with Crippen LogP contribution in [0.2, 0.25) is 0 Å². The molecule has 2 aromatic carbocycles. The Morgan fingerprint density at radius 3 is 2.70 bits per heavy atom. The molecule has 2 amide bonds. The molecule has 0 aromatic heterocycles. The zero-order valence-corrected chi connectivity index (χ0v) is 15.2. The zero-order chi connectivity index (χ0) is 19.2. The lowest BCUT2D eigenvalue weighted by Gasteiger charge is -2.17. The summed E-state index contributed by atoms with van der Waals surface area (Å²) in [7, 11) is 0. The lowest BCUT2D eigenvalue weighted by atomic mass is 10.0. The Bertz CT molecular complexity index is 849. The van der Waals surface area contributed by atoms with Crippen LogP contribution in [0, 0.1) is 0 Å². The Morgan fingerprint density at radius 2 is 1.93 bits per heavy atom. The van der Waals surface area contributed by atoms with E-state index in [1.54, 1.807) is 18.2 Å². The molecule has 1 aliphatic rings. The minimum atomic E-state index is -0.555. The first-order valence-corrected chi connectivity index (χ1v) is 8.94. The molecule has 2 aromatic rings. The number of ether oxygens (including phenoxy) is 1. The Morgan fingerprint density at radius 1 is 1.15 bits per heavy atom. The van der Waals surface area contributed by atoms with Gasteiger partial charge in [-0.15, -0.1) is 0 Å². The highest BCUT2D eigenvalue weighted by atomic mass is 16.5. The van der Waals surface area contributed by atoms with Gasteiger partial charge in [-0.2, -0.15) is 0 Å². The van der Waals surface area contributed by atoms with E-state index in [1.165, 1.54) is 0 Å². The van der Waals surface area contributed by atoms with Crippen molar-refractivity contribution in [1.82, 2.24) is 5.32 Å². The van der Waals surface area contributed by atoms with Gasteiger partial charge in [-0.25, -0.2) is 4.79 Å². The molecule has 27 heavy (non-hydrogen) atoms. The number of carbonyl (C=O) groups is 3. The molecule has 0 saturated heterocycles. The highest BCUT2D eigenvalue weighted by Gasteiger charge is 2.18. The number of rotatable bonds is 6. The van der Waals surface area contributed by atoms with Crippen LogP contribution in [-0.4, -0.2) is 30.9 Å². The zero-order valence-electron chi connectivity index (χ0n) is 15.2. The van der Waals surface area contributed by atoms with Gasteiger partial charge < -0.3 is 15.4 Å².